The molecule has 1 heterocycles. The van der Waals surface area contributed by atoms with Crippen LogP contribution in [0.5, 0.6) is 0 Å². The van der Waals surface area contributed by atoms with Crippen molar-refractivity contribution in [2.75, 3.05) is 11.4 Å². The average molecular weight is 397 g/mol. The second-order valence-corrected chi connectivity index (χ2v) is 8.10. The highest BCUT2D eigenvalue weighted by Crippen LogP contribution is 2.39. The molecule has 0 radical (unpaired) electrons. The van der Waals surface area contributed by atoms with Crippen LogP contribution < -0.4 is 4.90 Å². The topological polar surface area (TPSA) is 15.6 Å². The van der Waals surface area contributed by atoms with Crippen molar-refractivity contribution < 1.29 is 0 Å². The van der Waals surface area contributed by atoms with E-state index in [0.717, 1.165) is 16.7 Å². The molecule has 1 aliphatic rings. The molecule has 25 heavy (non-hydrogen) atoms. The fourth-order valence-electron chi connectivity index (χ4n) is 3.63. The zero-order chi connectivity index (χ0) is 18.2. The smallest absolute Gasteiger partial charge is 0.0630 e. The summed E-state index contributed by atoms with van der Waals surface area (Å²) in [5.74, 6) is 0. The Labute approximate surface area is 159 Å². The van der Waals surface area contributed by atoms with Crippen molar-refractivity contribution in [3.8, 4) is 0 Å². The van der Waals surface area contributed by atoms with Gasteiger partial charge in [-0.15, -0.1) is 0 Å². The number of benzene rings is 2. The van der Waals surface area contributed by atoms with Crippen LogP contribution >= 0.6 is 15.9 Å². The van der Waals surface area contributed by atoms with Gasteiger partial charge in [-0.2, -0.15) is 0 Å². The van der Waals surface area contributed by atoms with Gasteiger partial charge < -0.3 is 4.90 Å². The molecule has 3 rings (SSSR count). The Balaban J connectivity index is 2.02. The number of hydrogen-bond acceptors (Lipinski definition) is 2. The summed E-state index contributed by atoms with van der Waals surface area (Å²) in [5.41, 5.74) is 7.40. The minimum atomic E-state index is 0.0469. The van der Waals surface area contributed by atoms with Gasteiger partial charge in [0.05, 0.1) is 11.2 Å². The summed E-state index contributed by atoms with van der Waals surface area (Å²) in [6.45, 7) is 12.1. The van der Waals surface area contributed by atoms with Crippen LogP contribution in [0.2, 0.25) is 0 Å². The molecule has 2 aromatic carbocycles. The molecule has 2 nitrogen and oxygen atoms in total. The van der Waals surface area contributed by atoms with Crippen molar-refractivity contribution in [2.24, 2.45) is 4.99 Å². The van der Waals surface area contributed by atoms with Gasteiger partial charge in [0.2, 0.25) is 0 Å². The number of anilines is 1. The molecule has 0 N–H and O–H groups in total. The van der Waals surface area contributed by atoms with Crippen LogP contribution in [0.15, 0.2) is 51.9 Å². The number of likely N-dealkylation sites (N-methyl/N-ethyl adjacent to an activating group) is 1. The van der Waals surface area contributed by atoms with Crippen molar-refractivity contribution in [2.45, 2.75) is 40.2 Å². The molecular formula is C22H25BrN2. The van der Waals surface area contributed by atoms with Crippen molar-refractivity contribution in [3.63, 3.8) is 0 Å². The minimum absolute atomic E-state index is 0.0469. The fraction of sp³-hybridized carbons (Fsp3) is 0.318. The van der Waals surface area contributed by atoms with Crippen LogP contribution in [-0.4, -0.2) is 18.3 Å². The van der Waals surface area contributed by atoms with Crippen molar-refractivity contribution in [1.82, 2.24) is 0 Å². The van der Waals surface area contributed by atoms with E-state index in [1.807, 2.05) is 30.5 Å². The molecule has 0 bridgehead atoms. The number of hydrogen-bond donors (Lipinski definition) is 0. The molecule has 0 aliphatic carbocycles. The summed E-state index contributed by atoms with van der Waals surface area (Å²) in [6.07, 6.45) is 4.34. The number of halogens is 1. The van der Waals surface area contributed by atoms with Gasteiger partial charge in [0, 0.05) is 28.5 Å². The summed E-state index contributed by atoms with van der Waals surface area (Å²) in [4.78, 5) is 7.11. The van der Waals surface area contributed by atoms with Crippen LogP contribution in [0, 0.1) is 6.92 Å². The highest BCUT2D eigenvalue weighted by molar-refractivity contribution is 9.10. The van der Waals surface area contributed by atoms with Gasteiger partial charge in [0.25, 0.3) is 0 Å². The zero-order valence-corrected chi connectivity index (χ0v) is 17.2. The molecule has 1 aliphatic heterocycles. The lowest BCUT2D eigenvalue weighted by Crippen LogP contribution is -2.45. The molecule has 0 spiro atoms. The Bertz CT molecular complexity index is 845. The van der Waals surface area contributed by atoms with E-state index in [9.17, 15) is 0 Å². The molecule has 0 unspecified atom stereocenters. The number of rotatable bonds is 3. The first kappa shape index (κ1) is 17.9. The van der Waals surface area contributed by atoms with Gasteiger partial charge in [-0.3, -0.25) is 4.99 Å². The Hall–Kier alpha value is -1.87. The van der Waals surface area contributed by atoms with E-state index >= 15 is 0 Å². The molecular weight excluding hydrogens is 372 g/mol. The van der Waals surface area contributed by atoms with E-state index in [1.54, 1.807) is 0 Å². The molecule has 2 aromatic rings. The second-order valence-electron chi connectivity index (χ2n) is 7.19. The van der Waals surface area contributed by atoms with Crippen LogP contribution in [-0.2, 0) is 0 Å². The Morgan fingerprint density at radius 2 is 1.80 bits per heavy atom. The van der Waals surface area contributed by atoms with E-state index in [-0.39, 0.29) is 5.54 Å². The molecule has 0 saturated carbocycles. The van der Waals surface area contributed by atoms with Crippen LogP contribution in [0.25, 0.3) is 5.57 Å². The van der Waals surface area contributed by atoms with E-state index in [2.05, 4.69) is 78.6 Å². The lowest BCUT2D eigenvalue weighted by molar-refractivity contribution is 0.566. The predicted molar refractivity (Wildman–Crippen MR) is 113 cm³/mol. The molecule has 3 heteroatoms. The van der Waals surface area contributed by atoms with Gasteiger partial charge in [-0.05, 0) is 87.7 Å². The predicted octanol–water partition coefficient (Wildman–Crippen LogP) is 6.53. The number of aliphatic imine (C=N–C) groups is 1. The summed E-state index contributed by atoms with van der Waals surface area (Å²) < 4.78 is 1.07. The maximum Gasteiger partial charge on any atom is 0.0630 e. The van der Waals surface area contributed by atoms with Crippen molar-refractivity contribution in [3.05, 3.63) is 63.6 Å². The number of aryl methyl sites for hydroxylation is 1. The fourth-order valence-corrected chi connectivity index (χ4v) is 3.90. The maximum absolute atomic E-state index is 4.64. The lowest BCUT2D eigenvalue weighted by atomic mass is 9.87. The lowest BCUT2D eigenvalue weighted by Gasteiger charge is -2.43. The normalized spacial score (nSPS) is 16.1. The second kappa shape index (κ2) is 6.80. The number of nitrogens with zero attached hydrogens (tertiary/aromatic N) is 2. The van der Waals surface area contributed by atoms with E-state index in [1.165, 1.54) is 28.0 Å². The van der Waals surface area contributed by atoms with Crippen LogP contribution in [0.4, 0.5) is 11.4 Å². The van der Waals surface area contributed by atoms with Gasteiger partial charge in [-0.1, -0.05) is 22.0 Å². The average Bonchev–Trinajstić information content (AvgIpc) is 2.54. The molecule has 0 saturated heterocycles. The number of allylic oxidation sites excluding steroid dienone is 1. The monoisotopic (exact) mass is 396 g/mol. The number of fused-ring (bicyclic) bond motifs is 1. The summed E-state index contributed by atoms with van der Waals surface area (Å²) in [7, 11) is 0. The Morgan fingerprint density at radius 3 is 2.44 bits per heavy atom. The SMILES string of the molecule is CCN1c2cc(C)c(C=Nc3ccc(Br)cc3)cc2C(C)=CC1(C)C. The highest BCUT2D eigenvalue weighted by atomic mass is 79.9. The van der Waals surface area contributed by atoms with Gasteiger partial charge in [0.15, 0.2) is 0 Å². The van der Waals surface area contributed by atoms with Crippen molar-refractivity contribution in [1.29, 1.82) is 0 Å². The molecule has 0 atom stereocenters. The first-order chi connectivity index (χ1) is 11.8. The summed E-state index contributed by atoms with van der Waals surface area (Å²) >= 11 is 3.46. The molecule has 0 amide bonds. The quantitative estimate of drug-likeness (QED) is 0.538. The Kier molecular flexibility index (Phi) is 4.88. The molecule has 0 aromatic heterocycles. The summed E-state index contributed by atoms with van der Waals surface area (Å²) in [6, 6.07) is 12.6. The minimum Gasteiger partial charge on any atom is -0.363 e. The van der Waals surface area contributed by atoms with Crippen LogP contribution in [0.3, 0.4) is 0 Å². The van der Waals surface area contributed by atoms with Gasteiger partial charge in [-0.25, -0.2) is 0 Å². The first-order valence-electron chi connectivity index (χ1n) is 8.73. The molecule has 0 fully saturated rings. The van der Waals surface area contributed by atoms with Crippen LogP contribution in [0.1, 0.15) is 44.4 Å². The van der Waals surface area contributed by atoms with Crippen molar-refractivity contribution >= 4 is 39.1 Å². The largest absolute Gasteiger partial charge is 0.363 e. The van der Waals surface area contributed by atoms with E-state index < -0.39 is 0 Å². The third kappa shape index (κ3) is 3.57. The third-order valence-corrected chi connectivity index (χ3v) is 5.39. The zero-order valence-electron chi connectivity index (χ0n) is 15.6. The standard InChI is InChI=1S/C22H25BrN2/c1-6-25-21-11-15(2)17(12-20(21)16(3)13-22(25,4)5)14-24-19-9-7-18(23)8-10-19/h7-14H,6H2,1-5H3. The third-order valence-electron chi connectivity index (χ3n) is 4.86. The highest BCUT2D eigenvalue weighted by Gasteiger charge is 2.30. The van der Waals surface area contributed by atoms with E-state index in [4.69, 9.17) is 0 Å². The maximum atomic E-state index is 4.64. The van der Waals surface area contributed by atoms with E-state index in [0.29, 0.717) is 0 Å². The summed E-state index contributed by atoms with van der Waals surface area (Å²) in [5, 5.41) is 0. The molecule has 130 valence electrons. The van der Waals surface area contributed by atoms with Gasteiger partial charge >= 0.3 is 0 Å². The Morgan fingerprint density at radius 1 is 1.12 bits per heavy atom. The van der Waals surface area contributed by atoms with Gasteiger partial charge in [0.1, 0.15) is 0 Å². The first-order valence-corrected chi connectivity index (χ1v) is 9.53.